The molecule has 1 aromatic carbocycles. The molecule has 0 spiro atoms. The van der Waals surface area contributed by atoms with Crippen LogP contribution in [0, 0.1) is 5.82 Å². The Morgan fingerprint density at radius 3 is 2.69 bits per heavy atom. The summed E-state index contributed by atoms with van der Waals surface area (Å²) in [4.78, 5) is 20.1. The van der Waals surface area contributed by atoms with Gasteiger partial charge in [-0.3, -0.25) is 9.48 Å². The highest BCUT2D eigenvalue weighted by atomic mass is 19.1. The minimum atomic E-state index is -0.424. The van der Waals surface area contributed by atoms with Crippen molar-refractivity contribution in [3.8, 4) is 0 Å². The van der Waals surface area contributed by atoms with Gasteiger partial charge in [0.25, 0.3) is 0 Å². The number of amides is 1. The summed E-state index contributed by atoms with van der Waals surface area (Å²) in [6, 6.07) is 7.16. The van der Waals surface area contributed by atoms with Gasteiger partial charge in [0.1, 0.15) is 11.6 Å². The van der Waals surface area contributed by atoms with Gasteiger partial charge in [0, 0.05) is 63.1 Å². The number of aryl methyl sites for hydroxylation is 1. The number of anilines is 1. The maximum atomic E-state index is 15.1. The monoisotopic (exact) mass is 433 g/mol. The summed E-state index contributed by atoms with van der Waals surface area (Å²) in [6.07, 6.45) is 5.16. The van der Waals surface area contributed by atoms with Crippen molar-refractivity contribution in [3.63, 3.8) is 0 Å². The van der Waals surface area contributed by atoms with Crippen molar-refractivity contribution in [2.75, 3.05) is 31.1 Å². The zero-order valence-corrected chi connectivity index (χ0v) is 18.1. The molecule has 164 valence electrons. The van der Waals surface area contributed by atoms with Gasteiger partial charge in [-0.25, -0.2) is 13.9 Å². The van der Waals surface area contributed by atoms with E-state index in [1.54, 1.807) is 41.6 Å². The first kappa shape index (κ1) is 20.2. The Balaban J connectivity index is 1.52. The number of imidazole rings is 1. The number of benzene rings is 1. The first-order valence-electron chi connectivity index (χ1n) is 10.5. The Labute approximate surface area is 184 Å². The molecule has 8 nitrogen and oxygen atoms in total. The standard InChI is InChI=1S/C23H24FN7O/c1-4-17(18-11-16-13-26-28(3)20(16)12-19(18)24)21-14-25-22-5-6-23(27-31(21)22)30-9-7-29(8-10-30)15(2)32/h4-6,11-14,17H,1,7-10H2,2-3H3. The van der Waals surface area contributed by atoms with Crippen LogP contribution in [0.25, 0.3) is 16.6 Å². The fraction of sp³-hybridized carbons (Fsp3) is 0.304. The van der Waals surface area contributed by atoms with Crippen molar-refractivity contribution < 1.29 is 9.18 Å². The number of fused-ring (bicyclic) bond motifs is 2. The molecule has 0 radical (unpaired) electrons. The molecule has 32 heavy (non-hydrogen) atoms. The molecule has 4 aromatic rings. The van der Waals surface area contributed by atoms with Crippen LogP contribution in [0.5, 0.6) is 0 Å². The van der Waals surface area contributed by atoms with Gasteiger partial charge in [-0.15, -0.1) is 11.7 Å². The first-order valence-corrected chi connectivity index (χ1v) is 10.5. The van der Waals surface area contributed by atoms with Gasteiger partial charge >= 0.3 is 0 Å². The molecule has 1 saturated heterocycles. The number of hydrogen-bond donors (Lipinski definition) is 0. The summed E-state index contributed by atoms with van der Waals surface area (Å²) in [6.45, 7) is 8.30. The summed E-state index contributed by atoms with van der Waals surface area (Å²) < 4.78 is 18.5. The highest BCUT2D eigenvalue weighted by Gasteiger charge is 2.23. The van der Waals surface area contributed by atoms with E-state index in [1.807, 2.05) is 23.1 Å². The molecule has 0 N–H and O–H groups in total. The van der Waals surface area contributed by atoms with E-state index in [9.17, 15) is 4.79 Å². The van der Waals surface area contributed by atoms with Crippen LogP contribution in [0.15, 0.2) is 49.3 Å². The van der Waals surface area contributed by atoms with E-state index in [2.05, 4.69) is 21.6 Å². The molecule has 0 aliphatic carbocycles. The number of carbonyl (C=O) groups is 1. The van der Waals surface area contributed by atoms with Crippen LogP contribution in [0.3, 0.4) is 0 Å². The number of piperazine rings is 1. The fourth-order valence-corrected chi connectivity index (χ4v) is 4.35. The van der Waals surface area contributed by atoms with Crippen LogP contribution >= 0.6 is 0 Å². The number of allylic oxidation sites excluding steroid dienone is 1. The van der Waals surface area contributed by atoms with E-state index >= 15 is 4.39 Å². The Morgan fingerprint density at radius 1 is 1.19 bits per heavy atom. The molecule has 1 unspecified atom stereocenters. The smallest absolute Gasteiger partial charge is 0.219 e. The van der Waals surface area contributed by atoms with Gasteiger partial charge in [-0.05, 0) is 18.2 Å². The number of hydrogen-bond acceptors (Lipinski definition) is 5. The maximum absolute atomic E-state index is 15.1. The predicted octanol–water partition coefficient (Wildman–Crippen LogP) is 2.74. The largest absolute Gasteiger partial charge is 0.352 e. The zero-order chi connectivity index (χ0) is 22.4. The van der Waals surface area contributed by atoms with E-state index in [-0.39, 0.29) is 11.7 Å². The Morgan fingerprint density at radius 2 is 1.97 bits per heavy atom. The van der Waals surface area contributed by atoms with E-state index in [0.29, 0.717) is 37.4 Å². The number of aromatic nitrogens is 5. The van der Waals surface area contributed by atoms with Crippen molar-refractivity contribution in [1.82, 2.24) is 29.3 Å². The average Bonchev–Trinajstić information content (AvgIpc) is 3.38. The van der Waals surface area contributed by atoms with Gasteiger partial charge in [-0.1, -0.05) is 6.08 Å². The normalized spacial score (nSPS) is 15.5. The second-order valence-corrected chi connectivity index (χ2v) is 8.05. The summed E-state index contributed by atoms with van der Waals surface area (Å²) in [5.74, 6) is 0.140. The van der Waals surface area contributed by atoms with Crippen LogP contribution in [-0.4, -0.2) is 61.4 Å². The van der Waals surface area contributed by atoms with Crippen molar-refractivity contribution in [2.45, 2.75) is 12.8 Å². The lowest BCUT2D eigenvalue weighted by atomic mass is 9.94. The molecule has 1 aliphatic heterocycles. The molecular formula is C23H24FN7O. The molecule has 1 fully saturated rings. The average molecular weight is 433 g/mol. The number of rotatable bonds is 4. The fourth-order valence-electron chi connectivity index (χ4n) is 4.35. The minimum absolute atomic E-state index is 0.0893. The molecule has 1 atom stereocenters. The molecule has 0 bridgehead atoms. The Kier molecular flexibility index (Phi) is 4.88. The van der Waals surface area contributed by atoms with Gasteiger partial charge in [0.15, 0.2) is 5.65 Å². The van der Waals surface area contributed by atoms with Crippen LogP contribution in [0.1, 0.15) is 24.1 Å². The summed E-state index contributed by atoms with van der Waals surface area (Å²) in [7, 11) is 1.79. The maximum Gasteiger partial charge on any atom is 0.219 e. The van der Waals surface area contributed by atoms with Crippen LogP contribution < -0.4 is 4.90 Å². The summed E-state index contributed by atoms with van der Waals surface area (Å²) in [5.41, 5.74) is 2.66. The third kappa shape index (κ3) is 3.30. The molecule has 1 aliphatic rings. The van der Waals surface area contributed by atoms with Gasteiger partial charge in [-0.2, -0.15) is 5.10 Å². The Hall–Kier alpha value is -3.75. The second kappa shape index (κ2) is 7.74. The summed E-state index contributed by atoms with van der Waals surface area (Å²) in [5, 5.41) is 9.89. The van der Waals surface area contributed by atoms with Crippen molar-refractivity contribution in [2.24, 2.45) is 7.05 Å². The molecule has 5 rings (SSSR count). The highest BCUT2D eigenvalue weighted by Crippen LogP contribution is 2.31. The zero-order valence-electron chi connectivity index (χ0n) is 18.1. The van der Waals surface area contributed by atoms with E-state index in [4.69, 9.17) is 5.10 Å². The quantitative estimate of drug-likeness (QED) is 0.463. The minimum Gasteiger partial charge on any atom is -0.352 e. The van der Waals surface area contributed by atoms with Crippen molar-refractivity contribution in [3.05, 3.63) is 66.4 Å². The van der Waals surface area contributed by atoms with Gasteiger partial charge in [0.2, 0.25) is 5.91 Å². The van der Waals surface area contributed by atoms with Gasteiger partial charge in [0.05, 0.1) is 23.6 Å². The highest BCUT2D eigenvalue weighted by molar-refractivity contribution is 5.80. The molecule has 1 amide bonds. The molecule has 9 heteroatoms. The van der Waals surface area contributed by atoms with E-state index < -0.39 is 5.92 Å². The second-order valence-electron chi connectivity index (χ2n) is 8.05. The lowest BCUT2D eigenvalue weighted by Crippen LogP contribution is -2.48. The molecule has 4 heterocycles. The first-order chi connectivity index (χ1) is 15.5. The van der Waals surface area contributed by atoms with Gasteiger partial charge < -0.3 is 9.80 Å². The number of nitrogens with zero attached hydrogens (tertiary/aromatic N) is 7. The molecular weight excluding hydrogens is 409 g/mol. The number of carbonyl (C=O) groups excluding carboxylic acids is 1. The lowest BCUT2D eigenvalue weighted by molar-refractivity contribution is -0.129. The van der Waals surface area contributed by atoms with Crippen LogP contribution in [-0.2, 0) is 11.8 Å². The molecule has 0 saturated carbocycles. The van der Waals surface area contributed by atoms with E-state index in [0.717, 1.165) is 22.4 Å². The van der Waals surface area contributed by atoms with Crippen molar-refractivity contribution in [1.29, 1.82) is 0 Å². The topological polar surface area (TPSA) is 71.6 Å². The third-order valence-electron chi connectivity index (χ3n) is 6.18. The molecule has 3 aromatic heterocycles. The van der Waals surface area contributed by atoms with Crippen molar-refractivity contribution >= 4 is 28.3 Å². The number of halogens is 1. The summed E-state index contributed by atoms with van der Waals surface area (Å²) >= 11 is 0. The Bertz CT molecular complexity index is 1330. The van der Waals surface area contributed by atoms with Crippen LogP contribution in [0.2, 0.25) is 0 Å². The predicted molar refractivity (Wildman–Crippen MR) is 120 cm³/mol. The third-order valence-corrected chi connectivity index (χ3v) is 6.18. The SMILES string of the molecule is C=CC(c1cc2cnn(C)c2cc1F)c1cnc2ccc(N3CCN(C(C)=O)CC3)nn12. The lowest BCUT2D eigenvalue weighted by Gasteiger charge is -2.34. The van der Waals surface area contributed by atoms with E-state index in [1.165, 1.54) is 6.07 Å². The van der Waals surface area contributed by atoms with Crippen LogP contribution in [0.4, 0.5) is 10.2 Å².